The predicted molar refractivity (Wildman–Crippen MR) is 102 cm³/mol. The maximum Gasteiger partial charge on any atom is 0.258 e. The minimum absolute atomic E-state index is 0.0389. The van der Waals surface area contributed by atoms with Crippen LogP contribution in [0.2, 0.25) is 5.02 Å². The molecule has 0 saturated carbocycles. The summed E-state index contributed by atoms with van der Waals surface area (Å²) in [6.45, 7) is 2.54. The number of aryl methyl sites for hydroxylation is 1. The van der Waals surface area contributed by atoms with Crippen molar-refractivity contribution in [1.29, 1.82) is 0 Å². The Hall–Kier alpha value is -2.65. The highest BCUT2D eigenvalue weighted by atomic mass is 35.5. The van der Waals surface area contributed by atoms with E-state index in [1.165, 1.54) is 0 Å². The summed E-state index contributed by atoms with van der Waals surface area (Å²) in [6.07, 6.45) is 2.60. The van der Waals surface area contributed by atoms with Crippen LogP contribution in [0.25, 0.3) is 0 Å². The number of carbonyl (C=O) groups is 1. The number of hydrogen-bond donors (Lipinski definition) is 0. The monoisotopic (exact) mass is 350 g/mol. The van der Waals surface area contributed by atoms with Crippen LogP contribution in [0.5, 0.6) is 0 Å². The first-order chi connectivity index (χ1) is 12.1. The van der Waals surface area contributed by atoms with Gasteiger partial charge in [0.15, 0.2) is 0 Å². The Labute approximate surface area is 152 Å². The van der Waals surface area contributed by atoms with Crippen LogP contribution in [0.1, 0.15) is 21.6 Å². The number of aromatic nitrogens is 1. The maximum atomic E-state index is 13.0. The average Bonchev–Trinajstić information content (AvgIpc) is 2.65. The molecule has 4 heteroatoms. The van der Waals surface area contributed by atoms with Gasteiger partial charge in [-0.25, -0.2) is 0 Å². The van der Waals surface area contributed by atoms with Crippen LogP contribution in [0, 0.1) is 6.92 Å². The topological polar surface area (TPSA) is 33.2 Å². The van der Waals surface area contributed by atoms with Crippen LogP contribution in [-0.2, 0) is 6.42 Å². The molecule has 3 nitrogen and oxygen atoms in total. The van der Waals surface area contributed by atoms with Crippen LogP contribution < -0.4 is 4.90 Å². The molecular weight excluding hydrogens is 332 g/mol. The fourth-order valence-electron chi connectivity index (χ4n) is 2.59. The van der Waals surface area contributed by atoms with E-state index in [1.807, 2.05) is 49.5 Å². The van der Waals surface area contributed by atoms with Gasteiger partial charge in [-0.05, 0) is 61.4 Å². The van der Waals surface area contributed by atoms with Crippen molar-refractivity contribution in [2.75, 3.05) is 11.4 Å². The predicted octanol–water partition coefficient (Wildman–Crippen LogP) is 4.93. The molecule has 126 valence electrons. The van der Waals surface area contributed by atoms with Crippen molar-refractivity contribution in [2.45, 2.75) is 13.3 Å². The van der Waals surface area contributed by atoms with Crippen molar-refractivity contribution in [1.82, 2.24) is 4.98 Å². The molecule has 0 aliphatic heterocycles. The third-order valence-corrected chi connectivity index (χ3v) is 4.25. The Kier molecular flexibility index (Phi) is 5.46. The molecular formula is C21H19ClN2O. The summed E-state index contributed by atoms with van der Waals surface area (Å²) in [6, 6.07) is 20.7. The van der Waals surface area contributed by atoms with E-state index in [9.17, 15) is 4.79 Å². The van der Waals surface area contributed by atoms with E-state index >= 15 is 0 Å². The van der Waals surface area contributed by atoms with Gasteiger partial charge < -0.3 is 4.90 Å². The smallest absolute Gasteiger partial charge is 0.258 e. The number of para-hydroxylation sites is 1. The van der Waals surface area contributed by atoms with E-state index < -0.39 is 0 Å². The summed E-state index contributed by atoms with van der Waals surface area (Å²) in [4.78, 5) is 19.1. The number of halogens is 1. The minimum atomic E-state index is -0.0389. The van der Waals surface area contributed by atoms with Gasteiger partial charge in [-0.2, -0.15) is 0 Å². The number of amides is 1. The molecule has 0 aliphatic carbocycles. The Bertz CT molecular complexity index is 830. The van der Waals surface area contributed by atoms with Crippen molar-refractivity contribution in [3.63, 3.8) is 0 Å². The fraction of sp³-hybridized carbons (Fsp3) is 0.143. The summed E-state index contributed by atoms with van der Waals surface area (Å²) in [7, 11) is 0. The van der Waals surface area contributed by atoms with Crippen LogP contribution in [0.15, 0.2) is 72.9 Å². The quantitative estimate of drug-likeness (QED) is 0.653. The van der Waals surface area contributed by atoms with Gasteiger partial charge in [0, 0.05) is 34.7 Å². The summed E-state index contributed by atoms with van der Waals surface area (Å²) >= 11 is 5.94. The molecule has 1 heterocycles. The molecule has 1 aromatic heterocycles. The molecule has 0 bridgehead atoms. The zero-order valence-corrected chi connectivity index (χ0v) is 14.8. The lowest BCUT2D eigenvalue weighted by Crippen LogP contribution is -2.32. The third-order valence-electron chi connectivity index (χ3n) is 4.00. The van der Waals surface area contributed by atoms with E-state index in [1.54, 1.807) is 29.2 Å². The lowest BCUT2D eigenvalue weighted by molar-refractivity contribution is 0.0987. The van der Waals surface area contributed by atoms with Gasteiger partial charge >= 0.3 is 0 Å². The van der Waals surface area contributed by atoms with Gasteiger partial charge in [-0.1, -0.05) is 35.9 Å². The zero-order chi connectivity index (χ0) is 17.6. The van der Waals surface area contributed by atoms with Crippen LogP contribution in [-0.4, -0.2) is 17.4 Å². The molecule has 0 aliphatic rings. The van der Waals surface area contributed by atoms with Gasteiger partial charge in [0.2, 0.25) is 0 Å². The highest BCUT2D eigenvalue weighted by Gasteiger charge is 2.17. The van der Waals surface area contributed by atoms with Crippen molar-refractivity contribution in [3.05, 3.63) is 94.8 Å². The first kappa shape index (κ1) is 17.2. The van der Waals surface area contributed by atoms with E-state index in [0.717, 1.165) is 23.4 Å². The fourth-order valence-corrected chi connectivity index (χ4v) is 2.72. The maximum absolute atomic E-state index is 13.0. The molecule has 0 saturated heterocycles. The molecule has 0 radical (unpaired) electrons. The van der Waals surface area contributed by atoms with E-state index in [2.05, 4.69) is 11.1 Å². The second-order valence-electron chi connectivity index (χ2n) is 5.86. The number of hydrogen-bond acceptors (Lipinski definition) is 2. The molecule has 0 unspecified atom stereocenters. The standard InChI is InChI=1S/C21H19ClN2O/c1-16-7-8-17(15-23-16)13-14-24(20-5-3-2-4-6-20)21(25)18-9-11-19(22)12-10-18/h2-12,15H,13-14H2,1H3. The van der Waals surface area contributed by atoms with Crippen molar-refractivity contribution in [2.24, 2.45) is 0 Å². The van der Waals surface area contributed by atoms with Crippen molar-refractivity contribution in [3.8, 4) is 0 Å². The van der Waals surface area contributed by atoms with Gasteiger partial charge in [0.05, 0.1) is 0 Å². The molecule has 2 aromatic carbocycles. The van der Waals surface area contributed by atoms with Crippen molar-refractivity contribution < 1.29 is 4.79 Å². The van der Waals surface area contributed by atoms with Gasteiger partial charge in [-0.15, -0.1) is 0 Å². The molecule has 0 spiro atoms. The normalized spacial score (nSPS) is 10.5. The van der Waals surface area contributed by atoms with Crippen LogP contribution >= 0.6 is 11.6 Å². The number of rotatable bonds is 5. The number of benzene rings is 2. The summed E-state index contributed by atoms with van der Waals surface area (Å²) in [5, 5.41) is 0.619. The Morgan fingerprint density at radius 1 is 1.00 bits per heavy atom. The first-order valence-corrected chi connectivity index (χ1v) is 8.55. The molecule has 0 atom stereocenters. The average molecular weight is 351 g/mol. The largest absolute Gasteiger partial charge is 0.308 e. The molecule has 1 amide bonds. The first-order valence-electron chi connectivity index (χ1n) is 8.17. The number of anilines is 1. The molecule has 3 aromatic rings. The third kappa shape index (κ3) is 4.46. The Morgan fingerprint density at radius 2 is 1.72 bits per heavy atom. The van der Waals surface area contributed by atoms with E-state index in [0.29, 0.717) is 17.1 Å². The highest BCUT2D eigenvalue weighted by molar-refractivity contribution is 6.30. The number of pyridine rings is 1. The summed E-state index contributed by atoms with van der Waals surface area (Å²) in [5.74, 6) is -0.0389. The number of nitrogens with zero attached hydrogens (tertiary/aromatic N) is 2. The van der Waals surface area contributed by atoms with Gasteiger partial charge in [0.25, 0.3) is 5.91 Å². The minimum Gasteiger partial charge on any atom is -0.308 e. The molecule has 0 N–H and O–H groups in total. The Balaban J connectivity index is 1.83. The molecule has 25 heavy (non-hydrogen) atoms. The zero-order valence-electron chi connectivity index (χ0n) is 14.0. The summed E-state index contributed by atoms with van der Waals surface area (Å²) in [5.41, 5.74) is 3.59. The van der Waals surface area contributed by atoms with E-state index in [-0.39, 0.29) is 5.91 Å². The second kappa shape index (κ2) is 7.95. The lowest BCUT2D eigenvalue weighted by atomic mass is 10.1. The van der Waals surface area contributed by atoms with Gasteiger partial charge in [-0.3, -0.25) is 9.78 Å². The van der Waals surface area contributed by atoms with Gasteiger partial charge in [0.1, 0.15) is 0 Å². The van der Waals surface area contributed by atoms with Crippen LogP contribution in [0.4, 0.5) is 5.69 Å². The second-order valence-corrected chi connectivity index (χ2v) is 6.29. The highest BCUT2D eigenvalue weighted by Crippen LogP contribution is 2.19. The summed E-state index contributed by atoms with van der Waals surface area (Å²) < 4.78 is 0. The molecule has 0 fully saturated rings. The van der Waals surface area contributed by atoms with Crippen LogP contribution in [0.3, 0.4) is 0 Å². The lowest BCUT2D eigenvalue weighted by Gasteiger charge is -2.23. The number of carbonyl (C=O) groups excluding carboxylic acids is 1. The molecule has 3 rings (SSSR count). The van der Waals surface area contributed by atoms with E-state index in [4.69, 9.17) is 11.6 Å². The Morgan fingerprint density at radius 3 is 2.36 bits per heavy atom. The SMILES string of the molecule is Cc1ccc(CCN(C(=O)c2ccc(Cl)cc2)c2ccccc2)cn1. The van der Waals surface area contributed by atoms with Crippen molar-refractivity contribution >= 4 is 23.2 Å².